The van der Waals surface area contributed by atoms with Gasteiger partial charge in [0.25, 0.3) is 0 Å². The monoisotopic (exact) mass is 373 g/mol. The summed E-state index contributed by atoms with van der Waals surface area (Å²) >= 11 is 1.12. The van der Waals surface area contributed by atoms with Crippen LogP contribution in [0.15, 0.2) is 36.9 Å². The van der Waals surface area contributed by atoms with Crippen LogP contribution in [0, 0.1) is 6.92 Å². The minimum atomic E-state index is -0.457. The molecule has 0 aliphatic rings. The predicted octanol–water partition coefficient (Wildman–Crippen LogP) is 3.43. The standard InChI is InChI=1S/C19H23N3O3S/c1-5-12-25-18(24)17-13(2)20-19(26-17)21-16(23)11-8-14-6-9-15(10-7-14)22(3)4/h5-7,9-10H,1,8,11-12H2,2-4H3,(H,20,21,23). The largest absolute Gasteiger partial charge is 0.457 e. The normalized spacial score (nSPS) is 10.3. The molecule has 0 aliphatic carbocycles. The molecule has 0 aliphatic heterocycles. The van der Waals surface area contributed by atoms with Gasteiger partial charge < -0.3 is 15.0 Å². The predicted molar refractivity (Wildman–Crippen MR) is 105 cm³/mol. The van der Waals surface area contributed by atoms with Crippen molar-refractivity contribution in [2.45, 2.75) is 19.8 Å². The van der Waals surface area contributed by atoms with Gasteiger partial charge in [-0.1, -0.05) is 36.1 Å². The first-order valence-electron chi connectivity index (χ1n) is 8.22. The number of benzene rings is 1. The molecule has 0 atom stereocenters. The zero-order valence-electron chi connectivity index (χ0n) is 15.2. The highest BCUT2D eigenvalue weighted by Crippen LogP contribution is 2.23. The van der Waals surface area contributed by atoms with Crippen LogP contribution in [0.25, 0.3) is 0 Å². The first kappa shape index (κ1) is 19.7. The highest BCUT2D eigenvalue weighted by Gasteiger charge is 2.17. The fraction of sp³-hybridized carbons (Fsp3) is 0.316. The molecule has 1 aromatic carbocycles. The number of nitrogens with zero attached hydrogens (tertiary/aromatic N) is 2. The topological polar surface area (TPSA) is 71.5 Å². The lowest BCUT2D eigenvalue weighted by molar-refractivity contribution is -0.116. The molecule has 0 unspecified atom stereocenters. The average Bonchev–Trinajstić information content (AvgIpc) is 2.98. The Balaban J connectivity index is 1.89. The van der Waals surface area contributed by atoms with Crippen molar-refractivity contribution in [1.29, 1.82) is 0 Å². The molecule has 1 heterocycles. The second-order valence-electron chi connectivity index (χ2n) is 5.93. The first-order valence-corrected chi connectivity index (χ1v) is 9.04. The summed E-state index contributed by atoms with van der Waals surface area (Å²) in [6, 6.07) is 8.09. The van der Waals surface area contributed by atoms with Crippen LogP contribution >= 0.6 is 11.3 Å². The summed E-state index contributed by atoms with van der Waals surface area (Å²) in [5.74, 6) is -0.595. The van der Waals surface area contributed by atoms with Gasteiger partial charge in [-0.2, -0.15) is 0 Å². The molecule has 0 saturated carbocycles. The molecule has 2 aromatic rings. The molecule has 1 aromatic heterocycles. The Kier molecular flexibility index (Phi) is 6.91. The summed E-state index contributed by atoms with van der Waals surface area (Å²) in [6.45, 7) is 5.36. The number of carbonyl (C=O) groups is 2. The second kappa shape index (κ2) is 9.15. The molecule has 7 heteroatoms. The molecule has 0 bridgehead atoms. The molecule has 0 saturated heterocycles. The van der Waals surface area contributed by atoms with E-state index in [0.29, 0.717) is 28.5 Å². The van der Waals surface area contributed by atoms with Crippen molar-refractivity contribution in [3.63, 3.8) is 0 Å². The fourth-order valence-electron chi connectivity index (χ4n) is 2.24. The van der Waals surface area contributed by atoms with E-state index in [2.05, 4.69) is 16.9 Å². The molecule has 26 heavy (non-hydrogen) atoms. The average molecular weight is 373 g/mol. The summed E-state index contributed by atoms with van der Waals surface area (Å²) in [7, 11) is 3.97. The second-order valence-corrected chi connectivity index (χ2v) is 6.93. The Morgan fingerprint density at radius 3 is 2.62 bits per heavy atom. The number of aromatic nitrogens is 1. The van der Waals surface area contributed by atoms with Gasteiger partial charge in [0.15, 0.2) is 5.13 Å². The number of thiazole rings is 1. The molecule has 6 nitrogen and oxygen atoms in total. The maximum Gasteiger partial charge on any atom is 0.350 e. The Bertz CT molecular complexity index is 782. The third kappa shape index (κ3) is 5.42. The third-order valence-electron chi connectivity index (χ3n) is 3.65. The lowest BCUT2D eigenvalue weighted by atomic mass is 10.1. The summed E-state index contributed by atoms with van der Waals surface area (Å²) in [4.78, 5) is 30.7. The number of esters is 1. The van der Waals surface area contributed by atoms with Crippen molar-refractivity contribution in [2.75, 3.05) is 30.9 Å². The molecule has 1 amide bonds. The van der Waals surface area contributed by atoms with Crippen molar-refractivity contribution < 1.29 is 14.3 Å². The molecule has 0 fully saturated rings. The summed E-state index contributed by atoms with van der Waals surface area (Å²) in [6.07, 6.45) is 2.48. The Morgan fingerprint density at radius 1 is 1.31 bits per heavy atom. The number of aryl methyl sites for hydroxylation is 2. The number of nitrogens with one attached hydrogen (secondary N) is 1. The van der Waals surface area contributed by atoms with E-state index in [1.807, 2.05) is 43.3 Å². The van der Waals surface area contributed by atoms with Gasteiger partial charge in [-0.15, -0.1) is 0 Å². The van der Waals surface area contributed by atoms with Crippen LogP contribution in [0.5, 0.6) is 0 Å². The van der Waals surface area contributed by atoms with Crippen LogP contribution < -0.4 is 10.2 Å². The van der Waals surface area contributed by atoms with E-state index in [0.717, 1.165) is 22.6 Å². The van der Waals surface area contributed by atoms with E-state index in [1.54, 1.807) is 6.92 Å². The highest BCUT2D eigenvalue weighted by molar-refractivity contribution is 7.17. The number of rotatable bonds is 8. The van der Waals surface area contributed by atoms with Crippen LogP contribution in [-0.4, -0.2) is 37.6 Å². The number of ether oxygens (including phenoxy) is 1. The van der Waals surface area contributed by atoms with Crippen molar-refractivity contribution in [3.05, 3.63) is 53.1 Å². The van der Waals surface area contributed by atoms with Gasteiger partial charge in [0, 0.05) is 26.2 Å². The minimum absolute atomic E-state index is 0.138. The van der Waals surface area contributed by atoms with E-state index >= 15 is 0 Å². The third-order valence-corrected chi connectivity index (χ3v) is 4.71. The Labute approximate surface area is 157 Å². The van der Waals surface area contributed by atoms with Crippen LogP contribution in [0.2, 0.25) is 0 Å². The summed E-state index contributed by atoms with van der Waals surface area (Å²) in [5, 5.41) is 3.15. The van der Waals surface area contributed by atoms with Crippen LogP contribution in [0.3, 0.4) is 0 Å². The lowest BCUT2D eigenvalue weighted by Crippen LogP contribution is -2.12. The molecule has 0 radical (unpaired) electrons. The molecular weight excluding hydrogens is 350 g/mol. The maximum absolute atomic E-state index is 12.1. The number of carbonyl (C=O) groups excluding carboxylic acids is 2. The lowest BCUT2D eigenvalue weighted by Gasteiger charge is -2.12. The summed E-state index contributed by atoms with van der Waals surface area (Å²) in [5.41, 5.74) is 2.75. The van der Waals surface area contributed by atoms with Gasteiger partial charge in [0.2, 0.25) is 5.91 Å². The quantitative estimate of drug-likeness (QED) is 0.567. The highest BCUT2D eigenvalue weighted by atomic mass is 32.1. The van der Waals surface area contributed by atoms with Crippen LogP contribution in [-0.2, 0) is 16.0 Å². The van der Waals surface area contributed by atoms with E-state index < -0.39 is 5.97 Å². The van der Waals surface area contributed by atoms with E-state index in [9.17, 15) is 9.59 Å². The molecule has 138 valence electrons. The Morgan fingerprint density at radius 2 is 2.00 bits per heavy atom. The van der Waals surface area contributed by atoms with Gasteiger partial charge >= 0.3 is 5.97 Å². The van der Waals surface area contributed by atoms with Crippen LogP contribution in [0.4, 0.5) is 10.8 Å². The number of anilines is 2. The molecular formula is C19H23N3O3S. The van der Waals surface area contributed by atoms with Crippen molar-refractivity contribution in [1.82, 2.24) is 4.98 Å². The number of hydrogen-bond acceptors (Lipinski definition) is 6. The van der Waals surface area contributed by atoms with E-state index in [1.165, 1.54) is 6.08 Å². The SMILES string of the molecule is C=CCOC(=O)c1sc(NC(=O)CCc2ccc(N(C)C)cc2)nc1C. The number of amides is 1. The smallest absolute Gasteiger partial charge is 0.350 e. The van der Waals surface area contributed by atoms with Gasteiger partial charge in [-0.25, -0.2) is 9.78 Å². The fourth-order valence-corrected chi connectivity index (χ4v) is 3.12. The Hall–Kier alpha value is -2.67. The van der Waals surface area contributed by atoms with Gasteiger partial charge in [0.1, 0.15) is 11.5 Å². The molecule has 2 rings (SSSR count). The van der Waals surface area contributed by atoms with Crippen LogP contribution in [0.1, 0.15) is 27.3 Å². The zero-order chi connectivity index (χ0) is 19.1. The van der Waals surface area contributed by atoms with Crippen molar-refractivity contribution >= 4 is 34.0 Å². The first-order chi connectivity index (χ1) is 12.4. The van der Waals surface area contributed by atoms with Gasteiger partial charge in [0.05, 0.1) is 5.69 Å². The molecule has 0 spiro atoms. The van der Waals surface area contributed by atoms with Gasteiger partial charge in [-0.05, 0) is 31.0 Å². The number of hydrogen-bond donors (Lipinski definition) is 1. The summed E-state index contributed by atoms with van der Waals surface area (Å²) < 4.78 is 5.01. The van der Waals surface area contributed by atoms with E-state index in [-0.39, 0.29) is 12.5 Å². The van der Waals surface area contributed by atoms with Crippen molar-refractivity contribution in [3.8, 4) is 0 Å². The minimum Gasteiger partial charge on any atom is -0.457 e. The van der Waals surface area contributed by atoms with Gasteiger partial charge in [-0.3, -0.25) is 4.79 Å². The maximum atomic E-state index is 12.1. The van der Waals surface area contributed by atoms with E-state index in [4.69, 9.17) is 4.74 Å². The van der Waals surface area contributed by atoms with Crippen molar-refractivity contribution in [2.24, 2.45) is 0 Å². The zero-order valence-corrected chi connectivity index (χ0v) is 16.1. The molecule has 1 N–H and O–H groups in total.